The Hall–Kier alpha value is -1.14. The minimum absolute atomic E-state index is 0.135. The maximum atomic E-state index is 11.4. The van der Waals surface area contributed by atoms with E-state index in [-0.39, 0.29) is 32.8 Å². The van der Waals surface area contributed by atoms with E-state index in [1.165, 1.54) is 12.2 Å². The van der Waals surface area contributed by atoms with E-state index in [1.807, 2.05) is 6.92 Å². The number of hydrogen-bond acceptors (Lipinski definition) is 7. The van der Waals surface area contributed by atoms with Crippen molar-refractivity contribution in [1.29, 1.82) is 0 Å². The number of nitrogens with one attached hydrogen (secondary N) is 2. The number of quaternary nitrogens is 2. The molecule has 0 heterocycles. The van der Waals surface area contributed by atoms with Gasteiger partial charge in [0.15, 0.2) is 6.10 Å². The lowest BCUT2D eigenvalue weighted by Crippen LogP contribution is -3.07. The van der Waals surface area contributed by atoms with Gasteiger partial charge in [-0.3, -0.25) is 0 Å². The van der Waals surface area contributed by atoms with Crippen LogP contribution in [0, 0.1) is 10.4 Å². The Balaban J connectivity index is 3.45. The average molecular weight is 362 g/mol. The first-order valence-corrected chi connectivity index (χ1v) is 8.07. The lowest BCUT2D eigenvalue weighted by atomic mass is 10.3. The van der Waals surface area contributed by atoms with Crippen LogP contribution in [0.15, 0.2) is 38.0 Å². The molecule has 0 aliphatic rings. The van der Waals surface area contributed by atoms with Crippen molar-refractivity contribution >= 4 is 0 Å². The van der Waals surface area contributed by atoms with E-state index in [0.717, 1.165) is 0 Å². The van der Waals surface area contributed by atoms with Gasteiger partial charge in [-0.1, -0.05) is 38.3 Å². The molecule has 0 rings (SSSR count). The minimum Gasteiger partial charge on any atom is -0.598 e. The summed E-state index contributed by atoms with van der Waals surface area (Å²) in [6.45, 7) is 13.3. The highest BCUT2D eigenvalue weighted by molar-refractivity contribution is 4.92. The molecule has 0 fully saturated rings. The standard InChI is InChI=1S/C16H30N2O7/c1-5-15(6-2)24-17(19)13-22-11-9-21-10-12-23-14-18(20)25-16(7-3)8-4/h5-7,15-18H,1-3,8-14H2,4H3. The number of hydrogen-bond donors (Lipinski definition) is 2. The average Bonchev–Trinajstić information content (AvgIpc) is 2.62. The van der Waals surface area contributed by atoms with E-state index in [1.54, 1.807) is 6.08 Å². The van der Waals surface area contributed by atoms with Crippen LogP contribution in [0.2, 0.25) is 0 Å². The molecule has 0 aromatic heterocycles. The van der Waals surface area contributed by atoms with Gasteiger partial charge in [-0.05, 0) is 6.42 Å². The van der Waals surface area contributed by atoms with Gasteiger partial charge in [0.05, 0.1) is 26.4 Å². The second kappa shape index (κ2) is 16.3. The summed E-state index contributed by atoms with van der Waals surface area (Å²) in [5.41, 5.74) is 0. The van der Waals surface area contributed by atoms with E-state index >= 15 is 0 Å². The summed E-state index contributed by atoms with van der Waals surface area (Å²) >= 11 is 0. The van der Waals surface area contributed by atoms with E-state index < -0.39 is 16.6 Å². The lowest BCUT2D eigenvalue weighted by Gasteiger charge is -2.23. The lowest BCUT2D eigenvalue weighted by molar-refractivity contribution is -1.07. The maximum Gasteiger partial charge on any atom is 0.211 e. The Morgan fingerprint density at radius 2 is 1.28 bits per heavy atom. The second-order valence-corrected chi connectivity index (χ2v) is 4.82. The van der Waals surface area contributed by atoms with Crippen molar-refractivity contribution in [3.63, 3.8) is 0 Å². The summed E-state index contributed by atoms with van der Waals surface area (Å²) < 4.78 is 15.5. The van der Waals surface area contributed by atoms with Crippen LogP contribution in [0.3, 0.4) is 0 Å². The quantitative estimate of drug-likeness (QED) is 0.144. The van der Waals surface area contributed by atoms with Gasteiger partial charge < -0.3 is 24.6 Å². The molecule has 2 N–H and O–H groups in total. The van der Waals surface area contributed by atoms with Gasteiger partial charge in [-0.2, -0.15) is 9.68 Å². The van der Waals surface area contributed by atoms with Crippen LogP contribution in [0.5, 0.6) is 0 Å². The fourth-order valence-corrected chi connectivity index (χ4v) is 1.53. The van der Waals surface area contributed by atoms with Crippen molar-refractivity contribution in [3.05, 3.63) is 48.4 Å². The molecular formula is C16H30N2O7. The highest BCUT2D eigenvalue weighted by Crippen LogP contribution is 1.93. The first-order chi connectivity index (χ1) is 12.1. The Morgan fingerprint density at radius 3 is 1.72 bits per heavy atom. The minimum atomic E-state index is -0.518. The number of rotatable bonds is 18. The van der Waals surface area contributed by atoms with Gasteiger partial charge in [0.1, 0.15) is 6.10 Å². The summed E-state index contributed by atoms with van der Waals surface area (Å²) in [6, 6.07) is 0. The molecule has 25 heavy (non-hydrogen) atoms. The molecule has 3 unspecified atom stereocenters. The third kappa shape index (κ3) is 13.8. The summed E-state index contributed by atoms with van der Waals surface area (Å²) in [7, 11) is 0. The van der Waals surface area contributed by atoms with Gasteiger partial charge in [-0.15, -0.1) is 6.58 Å². The van der Waals surface area contributed by atoms with Crippen LogP contribution in [-0.2, 0) is 23.9 Å². The summed E-state index contributed by atoms with van der Waals surface area (Å²) in [5.74, 6) is 0. The predicted molar refractivity (Wildman–Crippen MR) is 91.7 cm³/mol. The maximum absolute atomic E-state index is 11.4. The number of ether oxygens (including phenoxy) is 3. The Kier molecular flexibility index (Phi) is 15.6. The number of hydroxylamine groups is 4. The predicted octanol–water partition coefficient (Wildman–Crippen LogP) is -0.715. The zero-order chi connectivity index (χ0) is 18.9. The Bertz CT molecular complexity index is 349. The monoisotopic (exact) mass is 362 g/mol. The normalized spacial score (nSPS) is 14.9. The molecule has 0 saturated carbocycles. The molecule has 0 bridgehead atoms. The molecule has 146 valence electrons. The van der Waals surface area contributed by atoms with Gasteiger partial charge in [0, 0.05) is 0 Å². The van der Waals surface area contributed by atoms with Crippen LogP contribution in [0.1, 0.15) is 13.3 Å². The smallest absolute Gasteiger partial charge is 0.211 e. The van der Waals surface area contributed by atoms with Crippen LogP contribution in [-0.4, -0.2) is 52.1 Å². The highest BCUT2D eigenvalue weighted by atomic mass is 16.9. The van der Waals surface area contributed by atoms with Gasteiger partial charge in [0.25, 0.3) is 0 Å². The molecule has 0 spiro atoms. The van der Waals surface area contributed by atoms with E-state index in [0.29, 0.717) is 19.6 Å². The molecule has 9 heteroatoms. The third-order valence-corrected chi connectivity index (χ3v) is 2.86. The van der Waals surface area contributed by atoms with E-state index in [4.69, 9.17) is 23.9 Å². The first-order valence-electron chi connectivity index (χ1n) is 8.07. The van der Waals surface area contributed by atoms with Crippen molar-refractivity contribution in [3.8, 4) is 0 Å². The molecule has 0 radical (unpaired) electrons. The van der Waals surface area contributed by atoms with Crippen molar-refractivity contribution < 1.29 is 34.3 Å². The molecule has 0 amide bonds. The summed E-state index contributed by atoms with van der Waals surface area (Å²) in [6.07, 6.45) is 4.37. The SMILES string of the molecule is C=CC(C=C)O[NH+]([O-])COCCOCCOC[NH+]([O-])OC(C=C)CC. The summed E-state index contributed by atoms with van der Waals surface area (Å²) in [5, 5.41) is 21.9. The highest BCUT2D eigenvalue weighted by Gasteiger charge is 2.07. The molecule has 0 aromatic rings. The largest absolute Gasteiger partial charge is 0.598 e. The van der Waals surface area contributed by atoms with E-state index in [2.05, 4.69) is 19.7 Å². The fourth-order valence-electron chi connectivity index (χ4n) is 1.53. The Labute approximate surface area is 149 Å². The van der Waals surface area contributed by atoms with Crippen molar-refractivity contribution in [1.82, 2.24) is 0 Å². The van der Waals surface area contributed by atoms with Gasteiger partial charge >= 0.3 is 0 Å². The zero-order valence-electron chi connectivity index (χ0n) is 14.8. The molecule has 0 aliphatic carbocycles. The van der Waals surface area contributed by atoms with Crippen LogP contribution in [0.25, 0.3) is 0 Å². The molecule has 3 atom stereocenters. The Morgan fingerprint density at radius 1 is 0.800 bits per heavy atom. The fraction of sp³-hybridized carbons (Fsp3) is 0.625. The van der Waals surface area contributed by atoms with Crippen LogP contribution >= 0.6 is 0 Å². The topological polar surface area (TPSA) is 101 Å². The van der Waals surface area contributed by atoms with Crippen LogP contribution < -0.4 is 10.5 Å². The third-order valence-electron chi connectivity index (χ3n) is 2.86. The molecule has 0 saturated heterocycles. The molecule has 0 aromatic carbocycles. The summed E-state index contributed by atoms with van der Waals surface area (Å²) in [4.78, 5) is 10.0. The van der Waals surface area contributed by atoms with Gasteiger partial charge in [0.2, 0.25) is 13.5 Å². The zero-order valence-corrected chi connectivity index (χ0v) is 14.8. The molecule has 0 aliphatic heterocycles. The van der Waals surface area contributed by atoms with Crippen molar-refractivity contribution in [2.24, 2.45) is 0 Å². The molecule has 9 nitrogen and oxygen atoms in total. The van der Waals surface area contributed by atoms with Crippen LogP contribution in [0.4, 0.5) is 0 Å². The first kappa shape index (κ1) is 23.9. The van der Waals surface area contributed by atoms with Gasteiger partial charge in [-0.25, -0.2) is 10.5 Å². The van der Waals surface area contributed by atoms with Crippen molar-refractivity contribution in [2.45, 2.75) is 25.6 Å². The second-order valence-electron chi connectivity index (χ2n) is 4.82. The molecular weight excluding hydrogens is 332 g/mol. The van der Waals surface area contributed by atoms with E-state index in [9.17, 15) is 10.4 Å². The van der Waals surface area contributed by atoms with Crippen molar-refractivity contribution in [2.75, 3.05) is 39.9 Å².